The third kappa shape index (κ3) is 2.50. The molecule has 4 rings (SSSR count). The van der Waals surface area contributed by atoms with Crippen molar-refractivity contribution < 1.29 is 0 Å². The SMILES string of the molecule is Cc1ccc2nc3c(c(N4CCCCC4)c2c1)CCC3.Cl. The summed E-state index contributed by atoms with van der Waals surface area (Å²) in [5.74, 6) is 0. The van der Waals surface area contributed by atoms with E-state index in [-0.39, 0.29) is 12.4 Å². The molecule has 0 atom stereocenters. The van der Waals surface area contributed by atoms with Gasteiger partial charge in [0.2, 0.25) is 0 Å². The summed E-state index contributed by atoms with van der Waals surface area (Å²) in [7, 11) is 0. The van der Waals surface area contributed by atoms with Gasteiger partial charge in [-0.2, -0.15) is 0 Å². The van der Waals surface area contributed by atoms with Crippen LogP contribution in [0.3, 0.4) is 0 Å². The van der Waals surface area contributed by atoms with Gasteiger partial charge in [-0.05, 0) is 63.1 Å². The molecule has 3 heteroatoms. The Labute approximate surface area is 133 Å². The fraction of sp³-hybridized carbons (Fsp3) is 0.500. The molecule has 0 bridgehead atoms. The Balaban J connectivity index is 0.00000132. The van der Waals surface area contributed by atoms with Crippen LogP contribution in [-0.2, 0) is 12.8 Å². The lowest BCUT2D eigenvalue weighted by Crippen LogP contribution is -2.30. The van der Waals surface area contributed by atoms with Crippen molar-refractivity contribution in [1.82, 2.24) is 4.98 Å². The molecular formula is C18H23ClN2. The van der Waals surface area contributed by atoms with Crippen LogP contribution in [0.2, 0.25) is 0 Å². The zero-order valence-electron chi connectivity index (χ0n) is 12.7. The van der Waals surface area contributed by atoms with E-state index in [0.717, 1.165) is 0 Å². The molecule has 2 aromatic rings. The molecule has 1 saturated heterocycles. The number of fused-ring (bicyclic) bond motifs is 2. The zero-order valence-corrected chi connectivity index (χ0v) is 13.5. The quantitative estimate of drug-likeness (QED) is 0.774. The number of piperidine rings is 1. The fourth-order valence-corrected chi connectivity index (χ4v) is 3.83. The van der Waals surface area contributed by atoms with Crippen molar-refractivity contribution in [2.45, 2.75) is 45.4 Å². The molecule has 1 aliphatic heterocycles. The molecule has 1 aromatic carbocycles. The van der Waals surface area contributed by atoms with Crippen LogP contribution >= 0.6 is 12.4 Å². The Kier molecular flexibility index (Phi) is 4.08. The minimum atomic E-state index is 0. The van der Waals surface area contributed by atoms with Gasteiger partial charge in [0.15, 0.2) is 0 Å². The number of halogens is 1. The van der Waals surface area contributed by atoms with Gasteiger partial charge in [-0.25, -0.2) is 0 Å². The minimum Gasteiger partial charge on any atom is -0.371 e. The van der Waals surface area contributed by atoms with E-state index in [1.165, 1.54) is 79.5 Å². The first kappa shape index (κ1) is 14.6. The van der Waals surface area contributed by atoms with Crippen LogP contribution in [0.25, 0.3) is 10.9 Å². The van der Waals surface area contributed by atoms with Gasteiger partial charge >= 0.3 is 0 Å². The molecule has 0 spiro atoms. The molecule has 0 saturated carbocycles. The van der Waals surface area contributed by atoms with Crippen LogP contribution in [-0.4, -0.2) is 18.1 Å². The Bertz CT molecular complexity index is 660. The standard InChI is InChI=1S/C18H22N2.ClH/c1-13-8-9-17-15(12-13)18(20-10-3-2-4-11-20)14-6-5-7-16(14)19-17;/h8-9,12H,2-7,10-11H2,1H3;1H. The Morgan fingerprint density at radius 3 is 2.62 bits per heavy atom. The predicted molar refractivity (Wildman–Crippen MR) is 91.8 cm³/mol. The molecule has 0 radical (unpaired) electrons. The van der Waals surface area contributed by atoms with E-state index in [0.29, 0.717) is 0 Å². The molecule has 1 fully saturated rings. The third-order valence-corrected chi connectivity index (χ3v) is 4.81. The molecule has 1 aromatic heterocycles. The van der Waals surface area contributed by atoms with Gasteiger partial charge in [0.05, 0.1) is 11.2 Å². The lowest BCUT2D eigenvalue weighted by atomic mass is 10.0. The summed E-state index contributed by atoms with van der Waals surface area (Å²) in [6, 6.07) is 6.73. The molecule has 21 heavy (non-hydrogen) atoms. The molecule has 2 heterocycles. The first-order chi connectivity index (χ1) is 9.83. The van der Waals surface area contributed by atoms with Gasteiger partial charge in [-0.1, -0.05) is 11.6 Å². The van der Waals surface area contributed by atoms with Gasteiger partial charge in [0.25, 0.3) is 0 Å². The van der Waals surface area contributed by atoms with Crippen molar-refractivity contribution >= 4 is 29.0 Å². The average Bonchev–Trinajstić information content (AvgIpc) is 2.93. The van der Waals surface area contributed by atoms with Gasteiger partial charge in [-0.15, -0.1) is 12.4 Å². The zero-order chi connectivity index (χ0) is 13.5. The summed E-state index contributed by atoms with van der Waals surface area (Å²) in [5, 5.41) is 1.38. The predicted octanol–water partition coefficient (Wildman–Crippen LogP) is 4.44. The first-order valence-corrected chi connectivity index (χ1v) is 8.00. The van der Waals surface area contributed by atoms with Gasteiger partial charge in [0, 0.05) is 24.2 Å². The lowest BCUT2D eigenvalue weighted by Gasteiger charge is -2.31. The van der Waals surface area contributed by atoms with Crippen LogP contribution < -0.4 is 4.90 Å². The van der Waals surface area contributed by atoms with Gasteiger partial charge in [0.1, 0.15) is 0 Å². The molecule has 1 aliphatic carbocycles. The second kappa shape index (κ2) is 5.84. The van der Waals surface area contributed by atoms with Crippen LogP contribution in [0, 0.1) is 6.92 Å². The number of pyridine rings is 1. The molecule has 112 valence electrons. The molecule has 0 N–H and O–H groups in total. The topological polar surface area (TPSA) is 16.1 Å². The van der Waals surface area contributed by atoms with Crippen molar-refractivity contribution in [3.8, 4) is 0 Å². The summed E-state index contributed by atoms with van der Waals surface area (Å²) < 4.78 is 0. The molecule has 2 nitrogen and oxygen atoms in total. The summed E-state index contributed by atoms with van der Waals surface area (Å²) in [6.45, 7) is 4.63. The Morgan fingerprint density at radius 1 is 1.00 bits per heavy atom. The number of aryl methyl sites for hydroxylation is 2. The van der Waals surface area contributed by atoms with E-state index in [2.05, 4.69) is 30.0 Å². The number of aromatic nitrogens is 1. The van der Waals surface area contributed by atoms with E-state index in [9.17, 15) is 0 Å². The molecular weight excluding hydrogens is 280 g/mol. The van der Waals surface area contributed by atoms with Crippen LogP contribution in [0.15, 0.2) is 18.2 Å². The summed E-state index contributed by atoms with van der Waals surface area (Å²) >= 11 is 0. The number of hydrogen-bond acceptors (Lipinski definition) is 2. The Hall–Kier alpha value is -1.28. The van der Waals surface area contributed by atoms with Crippen LogP contribution in [0.5, 0.6) is 0 Å². The number of nitrogens with zero attached hydrogens (tertiary/aromatic N) is 2. The highest BCUT2D eigenvalue weighted by atomic mass is 35.5. The van der Waals surface area contributed by atoms with E-state index < -0.39 is 0 Å². The van der Waals surface area contributed by atoms with Crippen molar-refractivity contribution in [3.63, 3.8) is 0 Å². The third-order valence-electron chi connectivity index (χ3n) is 4.81. The monoisotopic (exact) mass is 302 g/mol. The summed E-state index contributed by atoms with van der Waals surface area (Å²) in [4.78, 5) is 7.56. The minimum absolute atomic E-state index is 0. The average molecular weight is 303 g/mol. The smallest absolute Gasteiger partial charge is 0.0726 e. The van der Waals surface area contributed by atoms with E-state index in [1.807, 2.05) is 0 Å². The van der Waals surface area contributed by atoms with E-state index in [1.54, 1.807) is 5.56 Å². The highest BCUT2D eigenvalue weighted by Crippen LogP contribution is 2.38. The second-order valence-electron chi connectivity index (χ2n) is 6.31. The maximum absolute atomic E-state index is 4.93. The second-order valence-corrected chi connectivity index (χ2v) is 6.31. The largest absolute Gasteiger partial charge is 0.371 e. The van der Waals surface area contributed by atoms with Crippen LogP contribution in [0.4, 0.5) is 5.69 Å². The maximum atomic E-state index is 4.93. The summed E-state index contributed by atoms with van der Waals surface area (Å²) in [5.41, 5.74) is 6.96. The van der Waals surface area contributed by atoms with Crippen molar-refractivity contribution in [3.05, 3.63) is 35.0 Å². The van der Waals surface area contributed by atoms with Crippen molar-refractivity contribution in [2.75, 3.05) is 18.0 Å². The Morgan fingerprint density at radius 2 is 1.81 bits per heavy atom. The van der Waals surface area contributed by atoms with Gasteiger partial charge < -0.3 is 4.90 Å². The number of anilines is 1. The van der Waals surface area contributed by atoms with Gasteiger partial charge in [-0.3, -0.25) is 4.98 Å². The molecule has 0 amide bonds. The number of hydrogen-bond donors (Lipinski definition) is 0. The number of benzene rings is 1. The lowest BCUT2D eigenvalue weighted by molar-refractivity contribution is 0.577. The van der Waals surface area contributed by atoms with Crippen LogP contribution in [0.1, 0.15) is 42.5 Å². The normalized spacial score (nSPS) is 17.7. The van der Waals surface area contributed by atoms with E-state index in [4.69, 9.17) is 4.98 Å². The molecule has 0 unspecified atom stereocenters. The van der Waals surface area contributed by atoms with Crippen molar-refractivity contribution in [2.24, 2.45) is 0 Å². The van der Waals surface area contributed by atoms with Crippen molar-refractivity contribution in [1.29, 1.82) is 0 Å². The summed E-state index contributed by atoms with van der Waals surface area (Å²) in [6.07, 6.45) is 7.73. The molecule has 2 aliphatic rings. The maximum Gasteiger partial charge on any atom is 0.0726 e. The first-order valence-electron chi connectivity index (χ1n) is 8.00. The fourth-order valence-electron chi connectivity index (χ4n) is 3.83. The highest BCUT2D eigenvalue weighted by molar-refractivity contribution is 5.94. The van der Waals surface area contributed by atoms with E-state index >= 15 is 0 Å². The highest BCUT2D eigenvalue weighted by Gasteiger charge is 2.24. The number of rotatable bonds is 1.